The van der Waals surface area contributed by atoms with Crippen molar-refractivity contribution < 1.29 is 9.59 Å². The Bertz CT molecular complexity index is 509. The summed E-state index contributed by atoms with van der Waals surface area (Å²) in [5.74, 6) is 0.183. The van der Waals surface area contributed by atoms with Crippen molar-refractivity contribution in [2.45, 2.75) is 19.3 Å². The van der Waals surface area contributed by atoms with E-state index in [4.69, 9.17) is 0 Å². The van der Waals surface area contributed by atoms with Crippen LogP contribution in [-0.4, -0.2) is 18.9 Å². The van der Waals surface area contributed by atoms with Gasteiger partial charge in [-0.25, -0.2) is 0 Å². The number of hydrogen-bond donors (Lipinski definition) is 2. The SMILES string of the molecule is CNC(=O)c1cccc(NC(=O)CC2C=CCC2)c1. The summed E-state index contributed by atoms with van der Waals surface area (Å²) in [4.78, 5) is 23.4. The molecule has 1 unspecified atom stereocenters. The molecule has 1 aliphatic carbocycles. The Morgan fingerprint density at radius 2 is 2.21 bits per heavy atom. The van der Waals surface area contributed by atoms with E-state index in [1.165, 1.54) is 0 Å². The van der Waals surface area contributed by atoms with Crippen LogP contribution in [0.3, 0.4) is 0 Å². The molecule has 4 heteroatoms. The maximum absolute atomic E-state index is 11.9. The highest BCUT2D eigenvalue weighted by Crippen LogP contribution is 2.21. The minimum atomic E-state index is -0.158. The van der Waals surface area contributed by atoms with E-state index in [2.05, 4.69) is 22.8 Å². The first-order chi connectivity index (χ1) is 9.19. The molecule has 0 aromatic heterocycles. The predicted molar refractivity (Wildman–Crippen MR) is 74.9 cm³/mol. The van der Waals surface area contributed by atoms with E-state index in [9.17, 15) is 9.59 Å². The molecule has 2 amide bonds. The van der Waals surface area contributed by atoms with Crippen LogP contribution in [0.25, 0.3) is 0 Å². The molecule has 2 rings (SSSR count). The molecule has 0 fully saturated rings. The van der Waals surface area contributed by atoms with Crippen molar-refractivity contribution >= 4 is 17.5 Å². The minimum absolute atomic E-state index is 0.00870. The number of carbonyl (C=O) groups is 2. The largest absolute Gasteiger partial charge is 0.355 e. The summed E-state index contributed by atoms with van der Waals surface area (Å²) in [5, 5.41) is 5.40. The molecule has 0 saturated heterocycles. The van der Waals surface area contributed by atoms with Gasteiger partial charge >= 0.3 is 0 Å². The van der Waals surface area contributed by atoms with Gasteiger partial charge in [0.15, 0.2) is 0 Å². The monoisotopic (exact) mass is 258 g/mol. The van der Waals surface area contributed by atoms with Crippen molar-refractivity contribution in [2.24, 2.45) is 5.92 Å². The number of anilines is 1. The number of benzene rings is 1. The summed E-state index contributed by atoms with van der Waals surface area (Å²) in [7, 11) is 1.58. The lowest BCUT2D eigenvalue weighted by Gasteiger charge is -2.09. The van der Waals surface area contributed by atoms with E-state index in [0.29, 0.717) is 23.6 Å². The van der Waals surface area contributed by atoms with Crippen LogP contribution >= 0.6 is 0 Å². The maximum atomic E-state index is 11.9. The number of amides is 2. The summed E-state index contributed by atoms with van der Waals surface area (Å²) < 4.78 is 0. The second-order valence-electron chi connectivity index (χ2n) is 4.68. The molecule has 0 bridgehead atoms. The first kappa shape index (κ1) is 13.3. The molecule has 0 aliphatic heterocycles. The van der Waals surface area contributed by atoms with Gasteiger partial charge in [-0.05, 0) is 37.0 Å². The molecule has 1 aromatic carbocycles. The molecular formula is C15H18N2O2. The Kier molecular flexibility index (Phi) is 4.34. The van der Waals surface area contributed by atoms with Gasteiger partial charge in [-0.2, -0.15) is 0 Å². The second kappa shape index (κ2) is 6.18. The van der Waals surface area contributed by atoms with Crippen molar-refractivity contribution in [1.29, 1.82) is 0 Å². The molecule has 0 spiro atoms. The molecule has 1 aromatic rings. The predicted octanol–water partition coefficient (Wildman–Crippen LogP) is 2.34. The Hall–Kier alpha value is -2.10. The highest BCUT2D eigenvalue weighted by atomic mass is 16.2. The Morgan fingerprint density at radius 1 is 1.37 bits per heavy atom. The molecule has 19 heavy (non-hydrogen) atoms. The third-order valence-electron chi connectivity index (χ3n) is 3.20. The van der Waals surface area contributed by atoms with Crippen molar-refractivity contribution in [3.8, 4) is 0 Å². The van der Waals surface area contributed by atoms with Gasteiger partial charge in [0.05, 0.1) is 0 Å². The van der Waals surface area contributed by atoms with Crippen LogP contribution in [0.15, 0.2) is 36.4 Å². The summed E-state index contributed by atoms with van der Waals surface area (Å²) in [6.45, 7) is 0. The van der Waals surface area contributed by atoms with Crippen LogP contribution in [0.1, 0.15) is 29.6 Å². The Balaban J connectivity index is 1.96. The first-order valence-electron chi connectivity index (χ1n) is 6.47. The topological polar surface area (TPSA) is 58.2 Å². The number of allylic oxidation sites excluding steroid dienone is 2. The maximum Gasteiger partial charge on any atom is 0.251 e. The number of hydrogen-bond acceptors (Lipinski definition) is 2. The van der Waals surface area contributed by atoms with Crippen LogP contribution < -0.4 is 10.6 Å². The zero-order chi connectivity index (χ0) is 13.7. The number of rotatable bonds is 4. The zero-order valence-corrected chi connectivity index (χ0v) is 11.0. The van der Waals surface area contributed by atoms with Gasteiger partial charge in [0, 0.05) is 24.7 Å². The fraction of sp³-hybridized carbons (Fsp3) is 0.333. The smallest absolute Gasteiger partial charge is 0.251 e. The third-order valence-corrected chi connectivity index (χ3v) is 3.20. The summed E-state index contributed by atoms with van der Waals surface area (Å²) >= 11 is 0. The highest BCUT2D eigenvalue weighted by Gasteiger charge is 2.14. The van der Waals surface area contributed by atoms with Gasteiger partial charge in [0.2, 0.25) is 5.91 Å². The molecule has 0 saturated carbocycles. The quantitative estimate of drug-likeness (QED) is 0.814. The average molecular weight is 258 g/mol. The van der Waals surface area contributed by atoms with Crippen molar-refractivity contribution in [1.82, 2.24) is 5.32 Å². The van der Waals surface area contributed by atoms with Crippen molar-refractivity contribution in [2.75, 3.05) is 12.4 Å². The molecule has 0 radical (unpaired) electrons. The summed E-state index contributed by atoms with van der Waals surface area (Å²) in [5.41, 5.74) is 1.20. The first-order valence-corrected chi connectivity index (χ1v) is 6.47. The van der Waals surface area contributed by atoms with Gasteiger partial charge in [0.25, 0.3) is 5.91 Å². The Labute approximate surface area is 112 Å². The summed E-state index contributed by atoms with van der Waals surface area (Å²) in [6.07, 6.45) is 6.82. The number of carbonyl (C=O) groups excluding carboxylic acids is 2. The molecule has 0 heterocycles. The lowest BCUT2D eigenvalue weighted by molar-refractivity contribution is -0.116. The van der Waals surface area contributed by atoms with Crippen LogP contribution in [0.2, 0.25) is 0 Å². The molecule has 4 nitrogen and oxygen atoms in total. The van der Waals surface area contributed by atoms with Gasteiger partial charge in [0.1, 0.15) is 0 Å². The van der Waals surface area contributed by atoms with Gasteiger partial charge in [-0.15, -0.1) is 0 Å². The lowest BCUT2D eigenvalue weighted by atomic mass is 10.0. The van der Waals surface area contributed by atoms with Crippen LogP contribution in [0.5, 0.6) is 0 Å². The summed E-state index contributed by atoms with van der Waals surface area (Å²) in [6, 6.07) is 6.94. The fourth-order valence-corrected chi connectivity index (χ4v) is 2.20. The van der Waals surface area contributed by atoms with Crippen LogP contribution in [-0.2, 0) is 4.79 Å². The number of nitrogens with one attached hydrogen (secondary N) is 2. The molecule has 1 aliphatic rings. The minimum Gasteiger partial charge on any atom is -0.355 e. The van der Waals surface area contributed by atoms with Crippen molar-refractivity contribution in [3.63, 3.8) is 0 Å². The van der Waals surface area contributed by atoms with Crippen molar-refractivity contribution in [3.05, 3.63) is 42.0 Å². The highest BCUT2D eigenvalue weighted by molar-refractivity contribution is 5.97. The molecule has 2 N–H and O–H groups in total. The van der Waals surface area contributed by atoms with E-state index in [-0.39, 0.29) is 11.8 Å². The van der Waals surface area contributed by atoms with Crippen LogP contribution in [0.4, 0.5) is 5.69 Å². The zero-order valence-electron chi connectivity index (χ0n) is 11.0. The van der Waals surface area contributed by atoms with E-state index in [1.54, 1.807) is 31.3 Å². The van der Waals surface area contributed by atoms with Crippen LogP contribution in [0, 0.1) is 5.92 Å². The normalized spacial score (nSPS) is 17.2. The van der Waals surface area contributed by atoms with Gasteiger partial charge < -0.3 is 10.6 Å². The fourth-order valence-electron chi connectivity index (χ4n) is 2.20. The molecule has 100 valence electrons. The molecule has 1 atom stereocenters. The average Bonchev–Trinajstić information content (AvgIpc) is 2.90. The lowest BCUT2D eigenvalue weighted by Crippen LogP contribution is -2.19. The standard InChI is InChI=1S/C15H18N2O2/c1-16-15(19)12-7-4-8-13(10-12)17-14(18)9-11-5-2-3-6-11/h2,4-5,7-8,10-11H,3,6,9H2,1H3,(H,16,19)(H,17,18). The second-order valence-corrected chi connectivity index (χ2v) is 4.68. The molecular weight excluding hydrogens is 240 g/mol. The van der Waals surface area contributed by atoms with Gasteiger partial charge in [-0.3, -0.25) is 9.59 Å². The third kappa shape index (κ3) is 3.68. The van der Waals surface area contributed by atoms with E-state index in [1.807, 2.05) is 0 Å². The Morgan fingerprint density at radius 3 is 2.89 bits per heavy atom. The van der Waals surface area contributed by atoms with Gasteiger partial charge in [-0.1, -0.05) is 18.2 Å². The van der Waals surface area contributed by atoms with E-state index in [0.717, 1.165) is 12.8 Å². The van der Waals surface area contributed by atoms with E-state index >= 15 is 0 Å². The van der Waals surface area contributed by atoms with E-state index < -0.39 is 0 Å².